The van der Waals surface area contributed by atoms with E-state index in [-0.39, 0.29) is 22.6 Å². The lowest BCUT2D eigenvalue weighted by atomic mass is 10.1. The molecule has 0 radical (unpaired) electrons. The number of methoxy groups -OCH3 is 2. The monoisotopic (exact) mass is 240 g/mol. The number of hydrogen-bond donors (Lipinski definition) is 2. The highest BCUT2D eigenvalue weighted by Gasteiger charge is 2.16. The van der Waals surface area contributed by atoms with E-state index in [0.717, 1.165) is 0 Å². The Bertz CT molecular complexity index is 452. The Labute approximate surface area is 97.4 Å². The lowest BCUT2D eigenvalue weighted by Crippen LogP contribution is -2.06. The third-order valence-corrected chi connectivity index (χ3v) is 2.14. The average Bonchev–Trinajstić information content (AvgIpc) is 2.30. The van der Waals surface area contributed by atoms with Crippen molar-refractivity contribution in [3.63, 3.8) is 0 Å². The van der Waals surface area contributed by atoms with Gasteiger partial charge in [-0.3, -0.25) is 4.79 Å². The second kappa shape index (κ2) is 5.20. The molecule has 0 amide bonds. The fourth-order valence-electron chi connectivity index (χ4n) is 1.35. The van der Waals surface area contributed by atoms with Gasteiger partial charge >= 0.3 is 11.9 Å². The molecule has 1 aromatic rings. The van der Waals surface area contributed by atoms with Crippen LogP contribution in [-0.2, 0) is 16.0 Å². The largest absolute Gasteiger partial charge is 0.504 e. The number of carbonyl (C=O) groups is 2. The molecule has 17 heavy (non-hydrogen) atoms. The highest BCUT2D eigenvalue weighted by atomic mass is 16.5. The highest BCUT2D eigenvalue weighted by Crippen LogP contribution is 2.32. The van der Waals surface area contributed by atoms with Crippen molar-refractivity contribution in [2.45, 2.75) is 6.42 Å². The first kappa shape index (κ1) is 12.8. The van der Waals surface area contributed by atoms with Gasteiger partial charge in [-0.05, 0) is 12.1 Å². The van der Waals surface area contributed by atoms with Crippen molar-refractivity contribution in [1.82, 2.24) is 0 Å². The number of phenols is 1. The fourth-order valence-corrected chi connectivity index (χ4v) is 1.35. The van der Waals surface area contributed by atoms with Crippen LogP contribution in [0.25, 0.3) is 0 Å². The number of carboxylic acids is 1. The van der Waals surface area contributed by atoms with E-state index in [2.05, 4.69) is 4.74 Å². The van der Waals surface area contributed by atoms with Crippen LogP contribution in [0.4, 0.5) is 0 Å². The molecule has 0 aliphatic heterocycles. The molecule has 2 N–H and O–H groups in total. The number of ether oxygens (including phenoxy) is 2. The first-order chi connectivity index (χ1) is 7.99. The van der Waals surface area contributed by atoms with E-state index in [1.54, 1.807) is 0 Å². The van der Waals surface area contributed by atoms with Crippen molar-refractivity contribution in [2.24, 2.45) is 0 Å². The van der Waals surface area contributed by atoms with Crippen LogP contribution in [0.15, 0.2) is 12.1 Å². The standard InChI is InChI=1S/C11H12O6/c1-16-8-4-7(11(15)17-2)3-6(10(8)14)5-9(12)13/h3-4,14H,5H2,1-2H3,(H,12,13). The minimum absolute atomic E-state index is 0.0316. The number of carboxylic acid groups (broad SMARTS) is 1. The smallest absolute Gasteiger partial charge is 0.337 e. The van der Waals surface area contributed by atoms with Crippen molar-refractivity contribution in [1.29, 1.82) is 0 Å². The topological polar surface area (TPSA) is 93.1 Å². The summed E-state index contributed by atoms with van der Waals surface area (Å²) in [6.07, 6.45) is -0.410. The van der Waals surface area contributed by atoms with Crippen LogP contribution in [0.3, 0.4) is 0 Å². The molecule has 0 heterocycles. The molecule has 6 nitrogen and oxygen atoms in total. The molecule has 1 aromatic carbocycles. The van der Waals surface area contributed by atoms with Crippen LogP contribution in [0.2, 0.25) is 0 Å². The van der Waals surface area contributed by atoms with Crippen molar-refractivity contribution in [3.8, 4) is 11.5 Å². The Morgan fingerprint density at radius 3 is 2.41 bits per heavy atom. The maximum Gasteiger partial charge on any atom is 0.337 e. The molecule has 92 valence electrons. The summed E-state index contributed by atoms with van der Waals surface area (Å²) >= 11 is 0. The number of esters is 1. The number of aromatic hydroxyl groups is 1. The second-order valence-corrected chi connectivity index (χ2v) is 3.25. The Hall–Kier alpha value is -2.24. The van der Waals surface area contributed by atoms with Gasteiger partial charge in [-0.1, -0.05) is 0 Å². The lowest BCUT2D eigenvalue weighted by molar-refractivity contribution is -0.136. The zero-order chi connectivity index (χ0) is 13.0. The van der Waals surface area contributed by atoms with Gasteiger partial charge in [0.25, 0.3) is 0 Å². The molecule has 0 aliphatic carbocycles. The number of aliphatic carboxylic acids is 1. The summed E-state index contributed by atoms with van der Waals surface area (Å²) in [6.45, 7) is 0. The van der Waals surface area contributed by atoms with Crippen molar-refractivity contribution >= 4 is 11.9 Å². The Kier molecular flexibility index (Phi) is 3.92. The lowest BCUT2D eigenvalue weighted by Gasteiger charge is -2.10. The third kappa shape index (κ3) is 2.87. The molecule has 0 bridgehead atoms. The molecule has 0 unspecified atom stereocenters. The molecule has 0 fully saturated rings. The summed E-state index contributed by atoms with van der Waals surface area (Å²) < 4.78 is 9.36. The van der Waals surface area contributed by atoms with E-state index < -0.39 is 18.4 Å². The van der Waals surface area contributed by atoms with Gasteiger partial charge in [0.05, 0.1) is 26.2 Å². The number of hydrogen-bond acceptors (Lipinski definition) is 5. The van der Waals surface area contributed by atoms with Crippen LogP contribution in [0.5, 0.6) is 11.5 Å². The molecule has 0 saturated heterocycles. The number of rotatable bonds is 4. The van der Waals surface area contributed by atoms with E-state index in [0.29, 0.717) is 0 Å². The van der Waals surface area contributed by atoms with E-state index in [9.17, 15) is 14.7 Å². The van der Waals surface area contributed by atoms with Gasteiger partial charge in [-0.25, -0.2) is 4.79 Å². The van der Waals surface area contributed by atoms with Crippen molar-refractivity contribution < 1.29 is 29.3 Å². The van der Waals surface area contributed by atoms with Gasteiger partial charge in [0.1, 0.15) is 0 Å². The first-order valence-corrected chi connectivity index (χ1v) is 4.69. The Morgan fingerprint density at radius 1 is 1.29 bits per heavy atom. The minimum Gasteiger partial charge on any atom is -0.504 e. The number of benzene rings is 1. The first-order valence-electron chi connectivity index (χ1n) is 4.69. The summed E-state index contributed by atoms with van der Waals surface area (Å²) in [7, 11) is 2.51. The molecular formula is C11H12O6. The van der Waals surface area contributed by atoms with Gasteiger partial charge in [0, 0.05) is 5.56 Å². The fraction of sp³-hybridized carbons (Fsp3) is 0.273. The summed E-state index contributed by atoms with van der Waals surface area (Å²) in [4.78, 5) is 21.9. The predicted molar refractivity (Wildman–Crippen MR) is 57.3 cm³/mol. The molecule has 1 rings (SSSR count). The zero-order valence-corrected chi connectivity index (χ0v) is 9.39. The van der Waals surface area contributed by atoms with Gasteiger partial charge < -0.3 is 19.7 Å². The van der Waals surface area contributed by atoms with Crippen LogP contribution >= 0.6 is 0 Å². The van der Waals surface area contributed by atoms with Crippen LogP contribution < -0.4 is 4.74 Å². The zero-order valence-electron chi connectivity index (χ0n) is 9.39. The summed E-state index contributed by atoms with van der Waals surface area (Å²) in [6, 6.07) is 2.55. The number of phenolic OH excluding ortho intramolecular Hbond substituents is 1. The second-order valence-electron chi connectivity index (χ2n) is 3.25. The van der Waals surface area contributed by atoms with Crippen LogP contribution in [0.1, 0.15) is 15.9 Å². The normalized spacial score (nSPS) is 9.76. The molecule has 6 heteroatoms. The molecule has 0 atom stereocenters. The molecular weight excluding hydrogens is 228 g/mol. The van der Waals surface area contributed by atoms with E-state index in [4.69, 9.17) is 9.84 Å². The average molecular weight is 240 g/mol. The maximum atomic E-state index is 11.3. The van der Waals surface area contributed by atoms with Gasteiger partial charge in [0.2, 0.25) is 0 Å². The summed E-state index contributed by atoms with van der Waals surface area (Å²) in [5.74, 6) is -2.01. The molecule has 0 saturated carbocycles. The third-order valence-electron chi connectivity index (χ3n) is 2.14. The Balaban J connectivity index is 3.27. The molecule has 0 aliphatic rings. The minimum atomic E-state index is -1.12. The Morgan fingerprint density at radius 2 is 1.94 bits per heavy atom. The van der Waals surface area contributed by atoms with Crippen LogP contribution in [0, 0.1) is 0 Å². The van der Waals surface area contributed by atoms with Crippen LogP contribution in [-0.4, -0.2) is 36.4 Å². The van der Waals surface area contributed by atoms with E-state index in [1.165, 1.54) is 26.4 Å². The molecule has 0 spiro atoms. The maximum absolute atomic E-state index is 11.3. The number of carbonyl (C=O) groups excluding carboxylic acids is 1. The predicted octanol–water partition coefficient (Wildman–Crippen LogP) is 0.814. The van der Waals surface area contributed by atoms with Gasteiger partial charge in [-0.15, -0.1) is 0 Å². The quantitative estimate of drug-likeness (QED) is 0.756. The van der Waals surface area contributed by atoms with Crippen molar-refractivity contribution in [2.75, 3.05) is 14.2 Å². The molecule has 0 aromatic heterocycles. The highest BCUT2D eigenvalue weighted by molar-refractivity contribution is 5.91. The van der Waals surface area contributed by atoms with Gasteiger partial charge in [-0.2, -0.15) is 0 Å². The van der Waals surface area contributed by atoms with Crippen molar-refractivity contribution in [3.05, 3.63) is 23.3 Å². The van der Waals surface area contributed by atoms with Gasteiger partial charge in [0.15, 0.2) is 11.5 Å². The summed E-state index contributed by atoms with van der Waals surface area (Å²) in [5, 5.41) is 18.3. The van der Waals surface area contributed by atoms with E-state index in [1.807, 2.05) is 0 Å². The SMILES string of the molecule is COC(=O)c1cc(CC(=O)O)c(O)c(OC)c1. The van der Waals surface area contributed by atoms with E-state index >= 15 is 0 Å². The summed E-state index contributed by atoms with van der Waals surface area (Å²) in [5.41, 5.74) is 0.218.